The van der Waals surface area contributed by atoms with E-state index in [0.29, 0.717) is 16.5 Å². The third-order valence-corrected chi connectivity index (χ3v) is 3.65. The molecular weight excluding hydrogens is 332 g/mol. The first kappa shape index (κ1) is 15.9. The Morgan fingerprint density at radius 3 is 2.67 bits per heavy atom. The van der Waals surface area contributed by atoms with Gasteiger partial charge in [-0.05, 0) is 18.2 Å². The summed E-state index contributed by atoms with van der Waals surface area (Å²) < 4.78 is 5.24. The number of carbonyl (C=O) groups excluding carboxylic acids is 1. The fraction of sp³-hybridized carbons (Fsp3) is 0.0588. The molecule has 0 unspecified atom stereocenters. The number of hydrogen-bond acceptors (Lipinski definition) is 5. The summed E-state index contributed by atoms with van der Waals surface area (Å²) in [7, 11) is 0. The first-order chi connectivity index (χ1) is 11.6. The number of esters is 1. The number of nitro benzene ring substituents is 1. The summed E-state index contributed by atoms with van der Waals surface area (Å²) in [4.78, 5) is 27.0. The van der Waals surface area contributed by atoms with Crippen LogP contribution in [-0.2, 0) is 11.3 Å². The van der Waals surface area contributed by atoms with Crippen molar-refractivity contribution in [1.29, 1.82) is 0 Å². The molecule has 0 aliphatic carbocycles. The van der Waals surface area contributed by atoms with Crippen molar-refractivity contribution in [1.82, 2.24) is 4.98 Å². The average molecular weight is 343 g/mol. The molecule has 0 bridgehead atoms. The highest BCUT2D eigenvalue weighted by Gasteiger charge is 2.17. The Labute approximate surface area is 141 Å². The maximum atomic E-state index is 12.4. The molecule has 0 spiro atoms. The van der Waals surface area contributed by atoms with E-state index in [4.69, 9.17) is 16.3 Å². The molecule has 3 aromatic rings. The predicted molar refractivity (Wildman–Crippen MR) is 89.0 cm³/mol. The van der Waals surface area contributed by atoms with Crippen molar-refractivity contribution in [2.24, 2.45) is 0 Å². The minimum absolute atomic E-state index is 0.0945. The second kappa shape index (κ2) is 6.64. The van der Waals surface area contributed by atoms with Crippen LogP contribution in [0, 0.1) is 10.1 Å². The van der Waals surface area contributed by atoms with E-state index >= 15 is 0 Å². The van der Waals surface area contributed by atoms with Crippen molar-refractivity contribution >= 4 is 34.2 Å². The number of pyridine rings is 1. The number of ether oxygens (including phenoxy) is 1. The maximum Gasteiger partial charge on any atom is 0.339 e. The van der Waals surface area contributed by atoms with Gasteiger partial charge in [-0.3, -0.25) is 10.1 Å². The molecule has 0 radical (unpaired) electrons. The minimum Gasteiger partial charge on any atom is -0.457 e. The van der Waals surface area contributed by atoms with Gasteiger partial charge in [0.25, 0.3) is 5.69 Å². The van der Waals surface area contributed by atoms with Gasteiger partial charge in [-0.15, -0.1) is 0 Å². The van der Waals surface area contributed by atoms with E-state index in [9.17, 15) is 14.9 Å². The fourth-order valence-corrected chi connectivity index (χ4v) is 2.54. The van der Waals surface area contributed by atoms with Crippen LogP contribution in [0.2, 0.25) is 5.15 Å². The van der Waals surface area contributed by atoms with E-state index < -0.39 is 10.9 Å². The van der Waals surface area contributed by atoms with Gasteiger partial charge in [0.2, 0.25) is 0 Å². The largest absolute Gasteiger partial charge is 0.457 e. The summed E-state index contributed by atoms with van der Waals surface area (Å²) in [6.07, 6.45) is 0. The zero-order valence-electron chi connectivity index (χ0n) is 12.3. The highest BCUT2D eigenvalue weighted by molar-refractivity contribution is 6.30. The van der Waals surface area contributed by atoms with Gasteiger partial charge in [0, 0.05) is 11.5 Å². The number of fused-ring (bicyclic) bond motifs is 1. The SMILES string of the molecule is O=C(OCc1ccccc1[N+](=O)[O-])c1cc(Cl)nc2ccccc12. The van der Waals surface area contributed by atoms with Crippen LogP contribution in [-0.4, -0.2) is 15.9 Å². The highest BCUT2D eigenvalue weighted by atomic mass is 35.5. The van der Waals surface area contributed by atoms with Gasteiger partial charge in [-0.2, -0.15) is 0 Å². The Kier molecular flexibility index (Phi) is 4.39. The molecule has 0 N–H and O–H groups in total. The second-order valence-electron chi connectivity index (χ2n) is 4.97. The van der Waals surface area contributed by atoms with Crippen LogP contribution in [0.4, 0.5) is 5.69 Å². The van der Waals surface area contributed by atoms with Crippen LogP contribution in [0.5, 0.6) is 0 Å². The summed E-state index contributed by atoms with van der Waals surface area (Å²) >= 11 is 5.94. The van der Waals surface area contributed by atoms with E-state index in [2.05, 4.69) is 4.98 Å². The predicted octanol–water partition coefficient (Wildman–Crippen LogP) is 4.15. The van der Waals surface area contributed by atoms with Crippen LogP contribution in [0.1, 0.15) is 15.9 Å². The molecule has 0 atom stereocenters. The van der Waals surface area contributed by atoms with Crippen LogP contribution in [0.3, 0.4) is 0 Å². The van der Waals surface area contributed by atoms with Crippen LogP contribution in [0.15, 0.2) is 54.6 Å². The smallest absolute Gasteiger partial charge is 0.339 e. The molecule has 7 heteroatoms. The van der Waals surface area contributed by atoms with Crippen molar-refractivity contribution in [3.63, 3.8) is 0 Å². The first-order valence-electron chi connectivity index (χ1n) is 7.01. The molecule has 0 aliphatic rings. The molecule has 120 valence electrons. The monoisotopic (exact) mass is 342 g/mol. The van der Waals surface area contributed by atoms with Gasteiger partial charge in [0.1, 0.15) is 11.8 Å². The molecule has 0 fully saturated rings. The van der Waals surface area contributed by atoms with Gasteiger partial charge in [-0.1, -0.05) is 41.9 Å². The maximum absolute atomic E-state index is 12.4. The number of carbonyl (C=O) groups is 1. The molecule has 1 heterocycles. The lowest BCUT2D eigenvalue weighted by Crippen LogP contribution is -2.07. The Balaban J connectivity index is 1.88. The van der Waals surface area contributed by atoms with Gasteiger partial charge < -0.3 is 4.74 Å². The zero-order valence-corrected chi connectivity index (χ0v) is 13.1. The number of halogens is 1. The van der Waals surface area contributed by atoms with Crippen molar-refractivity contribution in [2.75, 3.05) is 0 Å². The Morgan fingerprint density at radius 1 is 1.17 bits per heavy atom. The van der Waals surface area contributed by atoms with Crippen molar-refractivity contribution < 1.29 is 14.5 Å². The zero-order chi connectivity index (χ0) is 17.1. The van der Waals surface area contributed by atoms with Crippen LogP contribution >= 0.6 is 11.6 Å². The molecule has 1 aromatic heterocycles. The molecule has 3 rings (SSSR count). The summed E-state index contributed by atoms with van der Waals surface area (Å²) in [6.45, 7) is -0.204. The van der Waals surface area contributed by atoms with Crippen molar-refractivity contribution in [3.8, 4) is 0 Å². The highest BCUT2D eigenvalue weighted by Crippen LogP contribution is 2.23. The summed E-state index contributed by atoms with van der Waals surface area (Å²) in [5, 5.41) is 11.8. The third kappa shape index (κ3) is 3.18. The Morgan fingerprint density at radius 2 is 1.88 bits per heavy atom. The molecule has 0 saturated heterocycles. The molecule has 0 amide bonds. The standard InChI is InChI=1S/C17H11ClN2O4/c18-16-9-13(12-6-2-3-7-14(12)19-16)17(21)24-10-11-5-1-4-8-15(11)20(22)23/h1-9H,10H2. The van der Waals surface area contributed by atoms with Gasteiger partial charge >= 0.3 is 5.97 Å². The number of benzene rings is 2. The fourth-order valence-electron chi connectivity index (χ4n) is 2.34. The first-order valence-corrected chi connectivity index (χ1v) is 7.39. The van der Waals surface area contributed by atoms with Crippen LogP contribution < -0.4 is 0 Å². The average Bonchev–Trinajstić information content (AvgIpc) is 2.59. The number of nitro groups is 1. The van der Waals surface area contributed by atoms with Crippen LogP contribution in [0.25, 0.3) is 10.9 Å². The summed E-state index contributed by atoms with van der Waals surface area (Å²) in [5.74, 6) is -0.617. The lowest BCUT2D eigenvalue weighted by Gasteiger charge is -2.08. The number of nitrogens with zero attached hydrogens (tertiary/aromatic N) is 2. The third-order valence-electron chi connectivity index (χ3n) is 3.45. The molecule has 2 aromatic carbocycles. The second-order valence-corrected chi connectivity index (χ2v) is 5.36. The van der Waals surface area contributed by atoms with E-state index in [1.54, 1.807) is 42.5 Å². The summed E-state index contributed by atoms with van der Waals surface area (Å²) in [5.41, 5.74) is 1.06. The molecule has 24 heavy (non-hydrogen) atoms. The van der Waals surface area contributed by atoms with E-state index in [1.165, 1.54) is 12.1 Å². The van der Waals surface area contributed by atoms with Gasteiger partial charge in [-0.25, -0.2) is 9.78 Å². The number of hydrogen-bond donors (Lipinski definition) is 0. The normalized spacial score (nSPS) is 10.5. The number of rotatable bonds is 4. The molecule has 0 saturated carbocycles. The lowest BCUT2D eigenvalue weighted by molar-refractivity contribution is -0.385. The Bertz CT molecular complexity index is 943. The van der Waals surface area contributed by atoms with Crippen molar-refractivity contribution in [2.45, 2.75) is 6.61 Å². The van der Waals surface area contributed by atoms with Gasteiger partial charge in [0.15, 0.2) is 0 Å². The van der Waals surface area contributed by atoms with Crippen molar-refractivity contribution in [3.05, 3.63) is 81.0 Å². The van der Waals surface area contributed by atoms with E-state index in [-0.39, 0.29) is 23.0 Å². The van der Waals surface area contributed by atoms with E-state index in [1.807, 2.05) is 0 Å². The molecule has 0 aliphatic heterocycles. The topological polar surface area (TPSA) is 82.3 Å². The van der Waals surface area contributed by atoms with Gasteiger partial charge in [0.05, 0.1) is 21.6 Å². The quantitative estimate of drug-likeness (QED) is 0.308. The minimum atomic E-state index is -0.617. The lowest BCUT2D eigenvalue weighted by atomic mass is 10.1. The van der Waals surface area contributed by atoms with E-state index in [0.717, 1.165) is 0 Å². The number of para-hydroxylation sites is 2. The molecule has 6 nitrogen and oxygen atoms in total. The Hall–Kier alpha value is -2.99. The summed E-state index contributed by atoms with van der Waals surface area (Å²) in [6, 6.07) is 14.6. The number of aromatic nitrogens is 1. The molecular formula is C17H11ClN2O4.